The highest BCUT2D eigenvalue weighted by atomic mass is 16.6. The summed E-state index contributed by atoms with van der Waals surface area (Å²) < 4.78 is 15.0. The van der Waals surface area contributed by atoms with E-state index in [0.29, 0.717) is 24.2 Å². The number of carbonyl (C=O) groups excluding carboxylic acids is 2. The number of para-hydroxylation sites is 1. The molecule has 0 aliphatic heterocycles. The summed E-state index contributed by atoms with van der Waals surface area (Å²) in [5.41, 5.74) is 0.333. The minimum absolute atomic E-state index is 0.259. The van der Waals surface area contributed by atoms with Gasteiger partial charge in [0.05, 0.1) is 19.3 Å². The van der Waals surface area contributed by atoms with Gasteiger partial charge in [-0.1, -0.05) is 6.07 Å². The van der Waals surface area contributed by atoms with Gasteiger partial charge in [0.15, 0.2) is 24.4 Å². The summed E-state index contributed by atoms with van der Waals surface area (Å²) in [5.74, 6) is 0.170. The van der Waals surface area contributed by atoms with E-state index in [4.69, 9.17) is 9.47 Å². The monoisotopic (exact) mass is 238 g/mol. The molecule has 0 atom stereocenters. The van der Waals surface area contributed by atoms with Crippen LogP contribution in [0.15, 0.2) is 18.2 Å². The Balaban J connectivity index is 2.92. The zero-order chi connectivity index (χ0) is 12.7. The molecular formula is C12H14O5. The largest absolute Gasteiger partial charge is 0.490 e. The lowest BCUT2D eigenvalue weighted by Gasteiger charge is -2.12. The lowest BCUT2D eigenvalue weighted by atomic mass is 10.2. The summed E-state index contributed by atoms with van der Waals surface area (Å²) in [5, 5.41) is 0. The van der Waals surface area contributed by atoms with Crippen LogP contribution in [0.25, 0.3) is 0 Å². The smallest absolute Gasteiger partial charge is 0.343 e. The SMILES string of the molecule is CCOc1cccc(C=O)c1OCC(=O)OC. The minimum Gasteiger partial charge on any atom is -0.490 e. The second-order valence-corrected chi connectivity index (χ2v) is 3.09. The van der Waals surface area contributed by atoms with Crippen molar-refractivity contribution in [2.45, 2.75) is 6.92 Å². The first-order valence-electron chi connectivity index (χ1n) is 5.13. The number of benzene rings is 1. The van der Waals surface area contributed by atoms with Gasteiger partial charge < -0.3 is 14.2 Å². The van der Waals surface area contributed by atoms with E-state index in [1.165, 1.54) is 7.11 Å². The highest BCUT2D eigenvalue weighted by molar-refractivity contribution is 5.81. The lowest BCUT2D eigenvalue weighted by molar-refractivity contribution is -0.142. The summed E-state index contributed by atoms with van der Waals surface area (Å²) in [6.07, 6.45) is 0.648. The third kappa shape index (κ3) is 3.48. The van der Waals surface area contributed by atoms with Crippen LogP contribution in [0.5, 0.6) is 11.5 Å². The summed E-state index contributed by atoms with van der Waals surface area (Å²) in [4.78, 5) is 21.8. The molecule has 1 aromatic rings. The van der Waals surface area contributed by atoms with Gasteiger partial charge in [0.1, 0.15) is 0 Å². The van der Waals surface area contributed by atoms with Crippen molar-refractivity contribution >= 4 is 12.3 Å². The van der Waals surface area contributed by atoms with E-state index in [9.17, 15) is 9.59 Å². The molecule has 5 heteroatoms. The number of aldehydes is 1. The average molecular weight is 238 g/mol. The van der Waals surface area contributed by atoms with E-state index in [-0.39, 0.29) is 12.4 Å². The van der Waals surface area contributed by atoms with Crippen molar-refractivity contribution in [2.24, 2.45) is 0 Å². The van der Waals surface area contributed by atoms with Crippen LogP contribution in [0.2, 0.25) is 0 Å². The molecule has 0 aromatic heterocycles. The first-order chi connectivity index (χ1) is 8.22. The van der Waals surface area contributed by atoms with E-state index < -0.39 is 5.97 Å². The maximum atomic E-state index is 11.0. The van der Waals surface area contributed by atoms with Crippen molar-refractivity contribution in [1.82, 2.24) is 0 Å². The second kappa shape index (κ2) is 6.52. The summed E-state index contributed by atoms with van der Waals surface area (Å²) in [6, 6.07) is 4.94. The molecule has 0 bridgehead atoms. The number of ether oxygens (including phenoxy) is 3. The molecule has 0 unspecified atom stereocenters. The maximum absolute atomic E-state index is 11.0. The van der Waals surface area contributed by atoms with Crippen molar-refractivity contribution in [2.75, 3.05) is 20.3 Å². The van der Waals surface area contributed by atoms with Crippen molar-refractivity contribution in [1.29, 1.82) is 0 Å². The summed E-state index contributed by atoms with van der Waals surface area (Å²) in [7, 11) is 1.26. The highest BCUT2D eigenvalue weighted by Gasteiger charge is 2.12. The van der Waals surface area contributed by atoms with Crippen LogP contribution < -0.4 is 9.47 Å². The van der Waals surface area contributed by atoms with Gasteiger partial charge in [0, 0.05) is 0 Å². The molecule has 1 rings (SSSR count). The zero-order valence-corrected chi connectivity index (χ0v) is 9.76. The fourth-order valence-electron chi connectivity index (χ4n) is 1.24. The summed E-state index contributed by atoms with van der Waals surface area (Å²) in [6.45, 7) is 2.00. The molecule has 0 amide bonds. The van der Waals surface area contributed by atoms with Crippen molar-refractivity contribution < 1.29 is 23.8 Å². The Morgan fingerprint density at radius 1 is 1.35 bits per heavy atom. The zero-order valence-electron chi connectivity index (χ0n) is 9.76. The van der Waals surface area contributed by atoms with Gasteiger partial charge in [0.25, 0.3) is 0 Å². The molecule has 0 radical (unpaired) electrons. The van der Waals surface area contributed by atoms with Gasteiger partial charge in [-0.15, -0.1) is 0 Å². The predicted molar refractivity (Wildman–Crippen MR) is 60.5 cm³/mol. The Labute approximate surface area is 99.3 Å². The van der Waals surface area contributed by atoms with Crippen molar-refractivity contribution in [3.05, 3.63) is 23.8 Å². The second-order valence-electron chi connectivity index (χ2n) is 3.09. The highest BCUT2D eigenvalue weighted by Crippen LogP contribution is 2.30. The third-order valence-corrected chi connectivity index (χ3v) is 2.00. The van der Waals surface area contributed by atoms with Crippen LogP contribution >= 0.6 is 0 Å². The molecule has 17 heavy (non-hydrogen) atoms. The van der Waals surface area contributed by atoms with E-state index >= 15 is 0 Å². The quantitative estimate of drug-likeness (QED) is 0.554. The third-order valence-electron chi connectivity index (χ3n) is 2.00. The first-order valence-corrected chi connectivity index (χ1v) is 5.13. The molecule has 0 saturated carbocycles. The van der Waals surface area contributed by atoms with Crippen LogP contribution in [-0.2, 0) is 9.53 Å². The van der Waals surface area contributed by atoms with Crippen LogP contribution in [0.3, 0.4) is 0 Å². The molecule has 0 N–H and O–H groups in total. The number of hydrogen-bond donors (Lipinski definition) is 0. The number of hydrogen-bond acceptors (Lipinski definition) is 5. The Morgan fingerprint density at radius 3 is 2.71 bits per heavy atom. The Bertz CT molecular complexity index is 400. The Kier molecular flexibility index (Phi) is 5.00. The Hall–Kier alpha value is -2.04. The molecule has 0 saturated heterocycles. The minimum atomic E-state index is -0.520. The number of esters is 1. The van der Waals surface area contributed by atoms with Gasteiger partial charge in [0.2, 0.25) is 0 Å². The lowest BCUT2D eigenvalue weighted by Crippen LogP contribution is -2.14. The van der Waals surface area contributed by atoms with Crippen LogP contribution in [0.1, 0.15) is 17.3 Å². The number of rotatable bonds is 6. The van der Waals surface area contributed by atoms with E-state index in [1.54, 1.807) is 18.2 Å². The normalized spacial score (nSPS) is 9.53. The van der Waals surface area contributed by atoms with Gasteiger partial charge >= 0.3 is 5.97 Å². The molecule has 0 fully saturated rings. The van der Waals surface area contributed by atoms with Crippen LogP contribution in [0.4, 0.5) is 0 Å². The summed E-state index contributed by atoms with van der Waals surface area (Å²) >= 11 is 0. The van der Waals surface area contributed by atoms with Crippen LogP contribution in [0, 0.1) is 0 Å². The maximum Gasteiger partial charge on any atom is 0.343 e. The molecule has 0 aliphatic rings. The topological polar surface area (TPSA) is 61.8 Å². The fourth-order valence-corrected chi connectivity index (χ4v) is 1.24. The number of carbonyl (C=O) groups is 2. The predicted octanol–water partition coefficient (Wildman–Crippen LogP) is 1.45. The molecule has 5 nitrogen and oxygen atoms in total. The van der Waals surface area contributed by atoms with Gasteiger partial charge in [-0.2, -0.15) is 0 Å². The van der Waals surface area contributed by atoms with Gasteiger partial charge in [-0.05, 0) is 19.1 Å². The standard InChI is InChI=1S/C12H14O5/c1-3-16-10-6-4-5-9(7-13)12(10)17-8-11(14)15-2/h4-7H,3,8H2,1-2H3. The van der Waals surface area contributed by atoms with E-state index in [2.05, 4.69) is 4.74 Å². The first kappa shape index (κ1) is 13.0. The van der Waals surface area contributed by atoms with Crippen molar-refractivity contribution in [3.8, 4) is 11.5 Å². The molecule has 92 valence electrons. The molecule has 0 spiro atoms. The average Bonchev–Trinajstić information content (AvgIpc) is 2.36. The van der Waals surface area contributed by atoms with Gasteiger partial charge in [-0.3, -0.25) is 4.79 Å². The molecular weight excluding hydrogens is 224 g/mol. The van der Waals surface area contributed by atoms with E-state index in [0.717, 1.165) is 0 Å². The van der Waals surface area contributed by atoms with Crippen LogP contribution in [-0.4, -0.2) is 32.6 Å². The number of methoxy groups -OCH3 is 1. The molecule has 0 heterocycles. The molecule has 0 aliphatic carbocycles. The van der Waals surface area contributed by atoms with Gasteiger partial charge in [-0.25, -0.2) is 4.79 Å². The fraction of sp³-hybridized carbons (Fsp3) is 0.333. The van der Waals surface area contributed by atoms with Crippen molar-refractivity contribution in [3.63, 3.8) is 0 Å². The Morgan fingerprint density at radius 2 is 2.12 bits per heavy atom. The van der Waals surface area contributed by atoms with E-state index in [1.807, 2.05) is 6.92 Å². The molecule has 1 aromatic carbocycles.